The van der Waals surface area contributed by atoms with E-state index in [1.165, 1.54) is 0 Å². The molecular formula is C18H13BrN4O2S. The number of aromatic nitrogens is 1. The smallest absolute Gasteiger partial charge is 0.228 e. The van der Waals surface area contributed by atoms with Gasteiger partial charge in [-0.05, 0) is 30.3 Å². The van der Waals surface area contributed by atoms with Gasteiger partial charge < -0.3 is 20.6 Å². The van der Waals surface area contributed by atoms with Gasteiger partial charge in [0.25, 0.3) is 0 Å². The Labute approximate surface area is 162 Å². The van der Waals surface area contributed by atoms with Crippen molar-refractivity contribution in [2.75, 3.05) is 11.5 Å². The third-order valence-electron chi connectivity index (χ3n) is 4.08. The van der Waals surface area contributed by atoms with Crippen LogP contribution in [-0.4, -0.2) is 4.98 Å². The zero-order valence-electron chi connectivity index (χ0n) is 13.4. The molecular weight excluding hydrogens is 416 g/mol. The van der Waals surface area contributed by atoms with Crippen molar-refractivity contribution in [1.82, 2.24) is 4.98 Å². The average Bonchev–Trinajstić information content (AvgIpc) is 3.13. The number of nitrogens with two attached hydrogens (primary N) is 2. The molecule has 0 spiro atoms. The van der Waals surface area contributed by atoms with Crippen LogP contribution in [0.2, 0.25) is 0 Å². The molecule has 8 heteroatoms. The molecule has 4 rings (SSSR count). The molecule has 3 heterocycles. The Balaban J connectivity index is 1.85. The molecule has 0 amide bonds. The van der Waals surface area contributed by atoms with Crippen LogP contribution in [0.3, 0.4) is 0 Å². The molecule has 1 aliphatic rings. The summed E-state index contributed by atoms with van der Waals surface area (Å²) in [5, 5.41) is 9.22. The number of pyridine rings is 1. The van der Waals surface area contributed by atoms with Crippen LogP contribution in [0.5, 0.6) is 11.6 Å². The monoisotopic (exact) mass is 428 g/mol. The van der Waals surface area contributed by atoms with E-state index >= 15 is 0 Å². The SMILES string of the molecule is N#Cc1c(N)nc2c(c1N)C(SCc1ccco1)c1cc(Br)ccc1O2. The predicted octanol–water partition coefficient (Wildman–Crippen LogP) is 4.60. The number of benzene rings is 1. The number of nitrogen functional groups attached to an aromatic ring is 2. The highest BCUT2D eigenvalue weighted by molar-refractivity contribution is 9.10. The van der Waals surface area contributed by atoms with Crippen LogP contribution in [0, 0.1) is 11.3 Å². The molecule has 3 aromatic rings. The molecule has 0 bridgehead atoms. The molecule has 4 N–H and O–H groups in total. The Morgan fingerprint density at radius 3 is 2.88 bits per heavy atom. The first-order valence-corrected chi connectivity index (χ1v) is 9.53. The van der Waals surface area contributed by atoms with Crippen LogP contribution >= 0.6 is 27.7 Å². The minimum absolute atomic E-state index is 0.0686. The molecule has 6 nitrogen and oxygen atoms in total. The lowest BCUT2D eigenvalue weighted by Crippen LogP contribution is -2.15. The second kappa shape index (κ2) is 6.59. The van der Waals surface area contributed by atoms with E-state index in [0.29, 0.717) is 28.6 Å². The maximum Gasteiger partial charge on any atom is 0.228 e. The minimum Gasteiger partial charge on any atom is -0.468 e. The van der Waals surface area contributed by atoms with Gasteiger partial charge in [0.1, 0.15) is 29.0 Å². The summed E-state index contributed by atoms with van der Waals surface area (Å²) in [6.07, 6.45) is 1.64. The lowest BCUT2D eigenvalue weighted by atomic mass is 9.98. The fourth-order valence-corrected chi connectivity index (χ4v) is 4.50. The molecule has 1 aliphatic heterocycles. The average molecular weight is 429 g/mol. The summed E-state index contributed by atoms with van der Waals surface area (Å²) in [6.45, 7) is 0. The number of hydrogen-bond donors (Lipinski definition) is 2. The molecule has 130 valence electrons. The largest absolute Gasteiger partial charge is 0.468 e. The maximum atomic E-state index is 9.39. The quantitative estimate of drug-likeness (QED) is 0.626. The van der Waals surface area contributed by atoms with Crippen molar-refractivity contribution in [2.45, 2.75) is 11.0 Å². The van der Waals surface area contributed by atoms with Gasteiger partial charge in [0.2, 0.25) is 5.88 Å². The second-order valence-electron chi connectivity index (χ2n) is 5.67. The highest BCUT2D eigenvalue weighted by atomic mass is 79.9. The number of thioether (sulfide) groups is 1. The number of hydrogen-bond acceptors (Lipinski definition) is 7. The Hall–Kier alpha value is -2.63. The first-order valence-electron chi connectivity index (χ1n) is 7.68. The summed E-state index contributed by atoms with van der Waals surface area (Å²) >= 11 is 5.13. The Morgan fingerprint density at radius 1 is 1.31 bits per heavy atom. The fraction of sp³-hybridized carbons (Fsp3) is 0.111. The van der Waals surface area contributed by atoms with Crippen LogP contribution < -0.4 is 16.2 Å². The molecule has 1 unspecified atom stereocenters. The van der Waals surface area contributed by atoms with E-state index in [-0.39, 0.29) is 16.6 Å². The van der Waals surface area contributed by atoms with Gasteiger partial charge in [-0.2, -0.15) is 10.2 Å². The number of halogens is 1. The molecule has 0 saturated heterocycles. The van der Waals surface area contributed by atoms with Gasteiger partial charge in [0, 0.05) is 10.0 Å². The highest BCUT2D eigenvalue weighted by Gasteiger charge is 2.33. The van der Waals surface area contributed by atoms with E-state index in [4.69, 9.17) is 20.6 Å². The predicted molar refractivity (Wildman–Crippen MR) is 104 cm³/mol. The molecule has 1 atom stereocenters. The van der Waals surface area contributed by atoms with Gasteiger partial charge >= 0.3 is 0 Å². The second-order valence-corrected chi connectivity index (χ2v) is 7.68. The van der Waals surface area contributed by atoms with Gasteiger partial charge in [-0.15, -0.1) is 11.8 Å². The fourth-order valence-electron chi connectivity index (χ4n) is 2.87. The molecule has 26 heavy (non-hydrogen) atoms. The lowest BCUT2D eigenvalue weighted by molar-refractivity contribution is 0.440. The summed E-state index contributed by atoms with van der Waals surface area (Å²) in [6, 6.07) is 11.6. The molecule has 0 fully saturated rings. The number of fused-ring (bicyclic) bond motifs is 2. The topological polar surface area (TPSA) is 111 Å². The van der Waals surface area contributed by atoms with Gasteiger partial charge in [0.05, 0.1) is 28.5 Å². The molecule has 0 radical (unpaired) electrons. The minimum atomic E-state index is -0.170. The summed E-state index contributed by atoms with van der Waals surface area (Å²) in [7, 11) is 0. The first kappa shape index (κ1) is 16.8. The third kappa shape index (κ3) is 2.79. The van der Waals surface area contributed by atoms with E-state index in [1.807, 2.05) is 36.4 Å². The van der Waals surface area contributed by atoms with Crippen LogP contribution in [0.25, 0.3) is 0 Å². The zero-order chi connectivity index (χ0) is 18.3. The van der Waals surface area contributed by atoms with E-state index in [1.54, 1.807) is 18.0 Å². The first-order chi connectivity index (χ1) is 12.6. The van der Waals surface area contributed by atoms with Gasteiger partial charge in [-0.3, -0.25) is 0 Å². The number of anilines is 2. The zero-order valence-corrected chi connectivity index (χ0v) is 15.8. The molecule has 0 saturated carbocycles. The Kier molecular flexibility index (Phi) is 4.26. The summed E-state index contributed by atoms with van der Waals surface area (Å²) in [4.78, 5) is 4.27. The van der Waals surface area contributed by atoms with Crippen molar-refractivity contribution in [3.63, 3.8) is 0 Å². The number of ether oxygens (including phenoxy) is 1. The van der Waals surface area contributed by atoms with Crippen molar-refractivity contribution in [3.8, 4) is 17.7 Å². The van der Waals surface area contributed by atoms with Crippen LogP contribution in [0.15, 0.2) is 45.5 Å². The van der Waals surface area contributed by atoms with Crippen molar-refractivity contribution < 1.29 is 9.15 Å². The number of rotatable bonds is 3. The van der Waals surface area contributed by atoms with Crippen LogP contribution in [0.1, 0.15) is 27.7 Å². The maximum absolute atomic E-state index is 9.39. The van der Waals surface area contributed by atoms with E-state index in [9.17, 15) is 5.26 Å². The van der Waals surface area contributed by atoms with Crippen molar-refractivity contribution in [2.24, 2.45) is 0 Å². The number of nitriles is 1. The molecule has 0 aliphatic carbocycles. The summed E-state index contributed by atoms with van der Waals surface area (Å²) in [5.74, 6) is 2.58. The number of furan rings is 1. The number of nitrogens with zero attached hydrogens (tertiary/aromatic N) is 2. The highest BCUT2D eigenvalue weighted by Crippen LogP contribution is 2.53. The van der Waals surface area contributed by atoms with Crippen molar-refractivity contribution >= 4 is 39.2 Å². The van der Waals surface area contributed by atoms with Crippen LogP contribution in [-0.2, 0) is 5.75 Å². The normalized spacial score (nSPS) is 14.8. The molecule has 2 aromatic heterocycles. The third-order valence-corrected chi connectivity index (χ3v) is 5.84. The van der Waals surface area contributed by atoms with Crippen molar-refractivity contribution in [3.05, 3.63) is 63.5 Å². The van der Waals surface area contributed by atoms with Gasteiger partial charge in [-0.1, -0.05) is 15.9 Å². The molecule has 1 aromatic carbocycles. The van der Waals surface area contributed by atoms with Gasteiger partial charge in [-0.25, -0.2) is 0 Å². The summed E-state index contributed by atoms with van der Waals surface area (Å²) in [5.41, 5.74) is 14.2. The van der Waals surface area contributed by atoms with Crippen molar-refractivity contribution in [1.29, 1.82) is 5.26 Å². The van der Waals surface area contributed by atoms with E-state index < -0.39 is 0 Å². The van der Waals surface area contributed by atoms with E-state index in [2.05, 4.69) is 20.9 Å². The standard InChI is InChI=1S/C18H13BrN4O2S/c19-9-3-4-13-11(6-9)16(26-8-10-2-1-5-24-10)14-15(21)12(7-20)17(22)23-18(14)25-13/h1-6,16H,8H2,(H4,21,22,23). The summed E-state index contributed by atoms with van der Waals surface area (Å²) < 4.78 is 12.3. The van der Waals surface area contributed by atoms with E-state index in [0.717, 1.165) is 15.8 Å². The van der Waals surface area contributed by atoms with Gasteiger partial charge in [0.15, 0.2) is 0 Å². The Bertz CT molecular complexity index is 1030. The van der Waals surface area contributed by atoms with Crippen LogP contribution in [0.4, 0.5) is 11.5 Å². The Morgan fingerprint density at radius 2 is 2.15 bits per heavy atom. The lowest BCUT2D eigenvalue weighted by Gasteiger charge is -2.28.